The molecular formula is C17H24F3N3O3. The normalized spacial score (nSPS) is 10.8. The van der Waals surface area contributed by atoms with E-state index in [1.54, 1.807) is 12.0 Å². The second-order valence-corrected chi connectivity index (χ2v) is 5.68. The van der Waals surface area contributed by atoms with Crippen LogP contribution in [0.1, 0.15) is 19.8 Å². The number of amides is 2. The molecule has 0 aliphatic carbocycles. The van der Waals surface area contributed by atoms with Gasteiger partial charge in [0.25, 0.3) is 0 Å². The maximum atomic E-state index is 13.6. The van der Waals surface area contributed by atoms with Crippen LogP contribution in [0.15, 0.2) is 12.1 Å². The van der Waals surface area contributed by atoms with E-state index in [1.165, 1.54) is 0 Å². The maximum absolute atomic E-state index is 13.6. The lowest BCUT2D eigenvalue weighted by Gasteiger charge is -2.20. The number of halogens is 3. The van der Waals surface area contributed by atoms with E-state index >= 15 is 0 Å². The van der Waals surface area contributed by atoms with Gasteiger partial charge in [0.05, 0.1) is 18.8 Å². The molecule has 0 spiro atoms. The molecule has 0 aromatic heterocycles. The molecule has 0 bridgehead atoms. The number of nitrogens with one attached hydrogen (secondary N) is 2. The standard InChI is InChI=1S/C17H24F3N3O3/c1-3-8-23(10-14(24)21-7-4-9-26-2)11-15(25)22-13-6-5-12(18)16(19)17(13)20/h5-6H,3-4,7-11H2,1-2H3,(H,21,24)(H,22,25). The second-order valence-electron chi connectivity index (χ2n) is 5.68. The Bertz CT molecular complexity index is 614. The molecule has 2 N–H and O–H groups in total. The number of rotatable bonds is 11. The lowest BCUT2D eigenvalue weighted by Crippen LogP contribution is -2.41. The van der Waals surface area contributed by atoms with Gasteiger partial charge < -0.3 is 15.4 Å². The molecule has 0 atom stereocenters. The first-order chi connectivity index (χ1) is 12.4. The van der Waals surface area contributed by atoms with E-state index in [0.29, 0.717) is 32.5 Å². The van der Waals surface area contributed by atoms with Gasteiger partial charge in [-0.25, -0.2) is 13.2 Å². The van der Waals surface area contributed by atoms with Crippen LogP contribution in [-0.2, 0) is 14.3 Å². The number of ether oxygens (including phenoxy) is 1. The van der Waals surface area contributed by atoms with E-state index < -0.39 is 29.0 Å². The summed E-state index contributed by atoms with van der Waals surface area (Å²) >= 11 is 0. The maximum Gasteiger partial charge on any atom is 0.238 e. The number of hydrogen-bond donors (Lipinski definition) is 2. The molecule has 26 heavy (non-hydrogen) atoms. The van der Waals surface area contributed by atoms with Gasteiger partial charge in [0.15, 0.2) is 17.5 Å². The van der Waals surface area contributed by atoms with Crippen LogP contribution in [0.25, 0.3) is 0 Å². The summed E-state index contributed by atoms with van der Waals surface area (Å²) < 4.78 is 44.6. The third kappa shape index (κ3) is 7.40. The van der Waals surface area contributed by atoms with Gasteiger partial charge in [-0.15, -0.1) is 0 Å². The Labute approximate surface area is 150 Å². The average Bonchev–Trinajstić information content (AvgIpc) is 2.59. The molecule has 0 unspecified atom stereocenters. The van der Waals surface area contributed by atoms with Crippen molar-refractivity contribution in [2.45, 2.75) is 19.8 Å². The summed E-state index contributed by atoms with van der Waals surface area (Å²) in [6.07, 6.45) is 1.37. The minimum atomic E-state index is -1.65. The lowest BCUT2D eigenvalue weighted by molar-refractivity contribution is -0.123. The molecule has 1 rings (SSSR count). The summed E-state index contributed by atoms with van der Waals surface area (Å²) in [6.45, 7) is 3.15. The minimum Gasteiger partial charge on any atom is -0.385 e. The highest BCUT2D eigenvalue weighted by molar-refractivity contribution is 5.92. The predicted molar refractivity (Wildman–Crippen MR) is 91.2 cm³/mol. The minimum absolute atomic E-state index is 0.00545. The van der Waals surface area contributed by atoms with Crippen LogP contribution in [-0.4, -0.2) is 56.6 Å². The number of benzene rings is 1. The molecule has 0 saturated heterocycles. The van der Waals surface area contributed by atoms with Crippen LogP contribution >= 0.6 is 0 Å². The van der Waals surface area contributed by atoms with Crippen LogP contribution in [0.3, 0.4) is 0 Å². The summed E-state index contributed by atoms with van der Waals surface area (Å²) in [7, 11) is 1.57. The van der Waals surface area contributed by atoms with Gasteiger partial charge >= 0.3 is 0 Å². The Hall–Kier alpha value is -2.13. The van der Waals surface area contributed by atoms with Crippen molar-refractivity contribution in [2.24, 2.45) is 0 Å². The molecule has 0 aliphatic rings. The molecule has 1 aromatic carbocycles. The topological polar surface area (TPSA) is 70.7 Å². The number of anilines is 1. The number of nitrogens with zero attached hydrogens (tertiary/aromatic N) is 1. The van der Waals surface area contributed by atoms with E-state index in [4.69, 9.17) is 4.74 Å². The van der Waals surface area contributed by atoms with E-state index in [1.807, 2.05) is 6.92 Å². The van der Waals surface area contributed by atoms with Crippen molar-refractivity contribution < 1.29 is 27.5 Å². The lowest BCUT2D eigenvalue weighted by atomic mass is 10.2. The largest absolute Gasteiger partial charge is 0.385 e. The zero-order valence-corrected chi connectivity index (χ0v) is 14.9. The fourth-order valence-corrected chi connectivity index (χ4v) is 2.25. The van der Waals surface area contributed by atoms with Crippen LogP contribution in [0.5, 0.6) is 0 Å². The smallest absolute Gasteiger partial charge is 0.238 e. The van der Waals surface area contributed by atoms with Crippen molar-refractivity contribution in [3.8, 4) is 0 Å². The van der Waals surface area contributed by atoms with Gasteiger partial charge in [0.1, 0.15) is 0 Å². The quantitative estimate of drug-likeness (QED) is 0.458. The third-order valence-electron chi connectivity index (χ3n) is 3.43. The first kappa shape index (κ1) is 21.9. The van der Waals surface area contributed by atoms with Crippen LogP contribution in [0.4, 0.5) is 18.9 Å². The van der Waals surface area contributed by atoms with Gasteiger partial charge in [0, 0.05) is 20.3 Å². The SMILES string of the molecule is CCCN(CC(=O)NCCCOC)CC(=O)Nc1ccc(F)c(F)c1F. The number of methoxy groups -OCH3 is 1. The second kappa shape index (κ2) is 11.5. The Morgan fingerprint density at radius 1 is 1.12 bits per heavy atom. The number of carbonyl (C=O) groups excluding carboxylic acids is 2. The Kier molecular flexibility index (Phi) is 9.67. The Balaban J connectivity index is 2.56. The van der Waals surface area contributed by atoms with Crippen molar-refractivity contribution in [3.63, 3.8) is 0 Å². The van der Waals surface area contributed by atoms with E-state index in [2.05, 4.69) is 10.6 Å². The highest BCUT2D eigenvalue weighted by Crippen LogP contribution is 2.19. The predicted octanol–water partition coefficient (Wildman–Crippen LogP) is 1.91. The molecule has 0 fully saturated rings. The molecule has 9 heteroatoms. The van der Waals surface area contributed by atoms with Gasteiger partial charge in [0.2, 0.25) is 11.8 Å². The fourth-order valence-electron chi connectivity index (χ4n) is 2.25. The Morgan fingerprint density at radius 2 is 1.81 bits per heavy atom. The van der Waals surface area contributed by atoms with E-state index in [-0.39, 0.29) is 19.0 Å². The van der Waals surface area contributed by atoms with Crippen LogP contribution < -0.4 is 10.6 Å². The van der Waals surface area contributed by atoms with E-state index in [9.17, 15) is 22.8 Å². The van der Waals surface area contributed by atoms with Crippen molar-refractivity contribution >= 4 is 17.5 Å². The number of carbonyl (C=O) groups is 2. The first-order valence-electron chi connectivity index (χ1n) is 8.30. The summed E-state index contributed by atoms with van der Waals surface area (Å²) in [5, 5.41) is 4.90. The van der Waals surface area contributed by atoms with Crippen molar-refractivity contribution in [1.29, 1.82) is 0 Å². The molecule has 1 aromatic rings. The zero-order chi connectivity index (χ0) is 19.5. The van der Waals surface area contributed by atoms with Crippen LogP contribution in [0, 0.1) is 17.5 Å². The molecule has 0 aliphatic heterocycles. The summed E-state index contributed by atoms with van der Waals surface area (Å²) in [5.74, 6) is -5.32. The molecule has 2 amide bonds. The van der Waals surface area contributed by atoms with Gasteiger partial charge in [-0.3, -0.25) is 14.5 Å². The molecule has 0 radical (unpaired) electrons. The number of hydrogen-bond acceptors (Lipinski definition) is 4. The highest BCUT2D eigenvalue weighted by atomic mass is 19.2. The monoisotopic (exact) mass is 375 g/mol. The molecule has 0 heterocycles. The third-order valence-corrected chi connectivity index (χ3v) is 3.43. The van der Waals surface area contributed by atoms with Gasteiger partial charge in [-0.2, -0.15) is 0 Å². The summed E-state index contributed by atoms with van der Waals surface area (Å²) in [5.41, 5.74) is -0.450. The molecule has 146 valence electrons. The fraction of sp³-hybridized carbons (Fsp3) is 0.529. The summed E-state index contributed by atoms with van der Waals surface area (Å²) in [6, 6.07) is 1.67. The van der Waals surface area contributed by atoms with Crippen molar-refractivity contribution in [3.05, 3.63) is 29.6 Å². The van der Waals surface area contributed by atoms with E-state index in [0.717, 1.165) is 12.1 Å². The molecular weight excluding hydrogens is 351 g/mol. The highest BCUT2D eigenvalue weighted by Gasteiger charge is 2.18. The Morgan fingerprint density at radius 3 is 2.46 bits per heavy atom. The molecule has 0 saturated carbocycles. The van der Waals surface area contributed by atoms with Crippen LogP contribution in [0.2, 0.25) is 0 Å². The average molecular weight is 375 g/mol. The zero-order valence-electron chi connectivity index (χ0n) is 14.9. The summed E-state index contributed by atoms with van der Waals surface area (Å²) in [4.78, 5) is 25.5. The molecule has 6 nitrogen and oxygen atoms in total. The van der Waals surface area contributed by atoms with Crippen molar-refractivity contribution in [2.75, 3.05) is 45.2 Å². The van der Waals surface area contributed by atoms with Gasteiger partial charge in [-0.05, 0) is 31.5 Å². The first-order valence-corrected chi connectivity index (χ1v) is 8.30. The van der Waals surface area contributed by atoms with Crippen molar-refractivity contribution in [1.82, 2.24) is 10.2 Å². The van der Waals surface area contributed by atoms with Gasteiger partial charge in [-0.1, -0.05) is 6.92 Å².